The maximum absolute atomic E-state index is 10.8. The van der Waals surface area contributed by atoms with Gasteiger partial charge < -0.3 is 4.74 Å². The van der Waals surface area contributed by atoms with Gasteiger partial charge in [0.1, 0.15) is 6.61 Å². The normalized spacial score (nSPS) is 12.8. The van der Waals surface area contributed by atoms with Crippen molar-refractivity contribution in [3.63, 3.8) is 0 Å². The molecule has 0 heterocycles. The van der Waals surface area contributed by atoms with E-state index >= 15 is 0 Å². The van der Waals surface area contributed by atoms with Gasteiger partial charge in [0.2, 0.25) is 0 Å². The summed E-state index contributed by atoms with van der Waals surface area (Å²) in [7, 11) is 0. The molecule has 0 N–H and O–H groups in total. The molecule has 1 radical (unpaired) electrons. The predicted octanol–water partition coefficient (Wildman–Crippen LogP) is 5.13. The average molecular weight is 257 g/mol. The molecule has 0 fully saturated rings. The van der Waals surface area contributed by atoms with Crippen LogP contribution in [0.15, 0.2) is 0 Å². The van der Waals surface area contributed by atoms with Gasteiger partial charge >= 0.3 is 0 Å². The zero-order valence-corrected chi connectivity index (χ0v) is 12.6. The van der Waals surface area contributed by atoms with E-state index in [0.29, 0.717) is 6.61 Å². The Morgan fingerprint density at radius 1 is 0.778 bits per heavy atom. The first-order chi connectivity index (χ1) is 8.85. The highest BCUT2D eigenvalue weighted by atomic mass is 16.5. The van der Waals surface area contributed by atoms with E-state index in [4.69, 9.17) is 4.74 Å². The number of rotatable bonds is 14. The Balaban J connectivity index is 3.10. The van der Waals surface area contributed by atoms with E-state index < -0.39 is 0 Å². The van der Waals surface area contributed by atoms with Gasteiger partial charge in [-0.15, -0.1) is 0 Å². The van der Waals surface area contributed by atoms with Crippen molar-refractivity contribution in [1.29, 1.82) is 0 Å². The molecule has 2 nitrogen and oxygen atoms in total. The van der Waals surface area contributed by atoms with Crippen LogP contribution in [0.1, 0.15) is 84.5 Å². The molecule has 18 heavy (non-hydrogen) atoms. The van der Waals surface area contributed by atoms with Gasteiger partial charge in [0.15, 0.2) is 0 Å². The SMILES string of the molecule is CCCCCCCCCCCCC(C[O])OCC. The highest BCUT2D eigenvalue weighted by molar-refractivity contribution is 4.56. The minimum atomic E-state index is -0.0781. The Labute approximate surface area is 114 Å². The summed E-state index contributed by atoms with van der Waals surface area (Å²) < 4.78 is 5.36. The number of hydrogen-bond donors (Lipinski definition) is 0. The highest BCUT2D eigenvalue weighted by Gasteiger charge is 2.06. The summed E-state index contributed by atoms with van der Waals surface area (Å²) in [6.07, 6.45) is 14.4. The molecule has 0 saturated carbocycles. The molecule has 0 rings (SSSR count). The van der Waals surface area contributed by atoms with Crippen LogP contribution in [0.2, 0.25) is 0 Å². The molecular formula is C16H33O2. The van der Waals surface area contributed by atoms with E-state index in [1.165, 1.54) is 57.8 Å². The van der Waals surface area contributed by atoms with Crippen LogP contribution in [0.4, 0.5) is 0 Å². The van der Waals surface area contributed by atoms with E-state index in [0.717, 1.165) is 12.8 Å². The van der Waals surface area contributed by atoms with Crippen molar-refractivity contribution in [3.05, 3.63) is 0 Å². The van der Waals surface area contributed by atoms with Crippen molar-refractivity contribution < 1.29 is 9.84 Å². The molecule has 0 aliphatic carbocycles. The van der Waals surface area contributed by atoms with Gasteiger partial charge in [0, 0.05) is 6.61 Å². The van der Waals surface area contributed by atoms with E-state index in [1.54, 1.807) is 0 Å². The Kier molecular flexibility index (Phi) is 14.9. The average Bonchev–Trinajstić information content (AvgIpc) is 2.39. The monoisotopic (exact) mass is 257 g/mol. The van der Waals surface area contributed by atoms with E-state index in [2.05, 4.69) is 6.92 Å². The van der Waals surface area contributed by atoms with E-state index in [1.807, 2.05) is 6.92 Å². The molecule has 0 amide bonds. The fraction of sp³-hybridized carbons (Fsp3) is 1.00. The van der Waals surface area contributed by atoms with Gasteiger partial charge in [-0.1, -0.05) is 71.1 Å². The first-order valence-corrected chi connectivity index (χ1v) is 8.04. The molecular weight excluding hydrogens is 224 g/mol. The molecule has 0 spiro atoms. The molecule has 1 unspecified atom stereocenters. The summed E-state index contributed by atoms with van der Waals surface area (Å²) in [5, 5.41) is 10.8. The molecule has 109 valence electrons. The van der Waals surface area contributed by atoms with Crippen molar-refractivity contribution in [2.24, 2.45) is 0 Å². The Hall–Kier alpha value is -0.0800. The number of hydrogen-bond acceptors (Lipinski definition) is 1. The van der Waals surface area contributed by atoms with E-state index in [-0.39, 0.29) is 12.7 Å². The van der Waals surface area contributed by atoms with Crippen molar-refractivity contribution in [3.8, 4) is 0 Å². The van der Waals surface area contributed by atoms with Gasteiger partial charge in [0.25, 0.3) is 0 Å². The molecule has 2 heteroatoms. The van der Waals surface area contributed by atoms with Gasteiger partial charge in [-0.25, -0.2) is 5.11 Å². The Bertz CT molecular complexity index is 148. The van der Waals surface area contributed by atoms with Gasteiger partial charge in [0.05, 0.1) is 6.10 Å². The third-order valence-electron chi connectivity index (χ3n) is 3.47. The standard InChI is InChI=1S/C16H33O2/c1-3-5-6-7-8-9-10-11-12-13-14-16(15-17)18-4-2/h16H,3-15H2,1-2H3. The maximum Gasteiger partial charge on any atom is 0.108 e. The second-order valence-electron chi connectivity index (χ2n) is 5.21. The van der Waals surface area contributed by atoms with Crippen LogP contribution in [0.25, 0.3) is 0 Å². The minimum Gasteiger partial charge on any atom is -0.376 e. The third-order valence-corrected chi connectivity index (χ3v) is 3.47. The minimum absolute atomic E-state index is 0.0379. The number of unbranched alkanes of at least 4 members (excludes halogenated alkanes) is 9. The maximum atomic E-state index is 10.8. The van der Waals surface area contributed by atoms with Crippen LogP contribution in [-0.4, -0.2) is 19.3 Å². The highest BCUT2D eigenvalue weighted by Crippen LogP contribution is 2.12. The summed E-state index contributed by atoms with van der Waals surface area (Å²) in [6.45, 7) is 4.81. The molecule has 0 aliphatic rings. The van der Waals surface area contributed by atoms with Crippen LogP contribution >= 0.6 is 0 Å². The Morgan fingerprint density at radius 2 is 1.28 bits per heavy atom. The van der Waals surface area contributed by atoms with Crippen LogP contribution in [0, 0.1) is 0 Å². The quantitative estimate of drug-likeness (QED) is 0.396. The van der Waals surface area contributed by atoms with Crippen LogP contribution in [0.5, 0.6) is 0 Å². The topological polar surface area (TPSA) is 29.1 Å². The van der Waals surface area contributed by atoms with Crippen LogP contribution in [0.3, 0.4) is 0 Å². The lowest BCUT2D eigenvalue weighted by Gasteiger charge is -2.12. The second-order valence-corrected chi connectivity index (χ2v) is 5.21. The fourth-order valence-electron chi connectivity index (χ4n) is 2.31. The molecule has 0 aromatic heterocycles. The van der Waals surface area contributed by atoms with Gasteiger partial charge in [-0.05, 0) is 13.3 Å². The first kappa shape index (κ1) is 17.9. The van der Waals surface area contributed by atoms with Gasteiger partial charge in [-0.2, -0.15) is 0 Å². The second kappa shape index (κ2) is 15.0. The summed E-state index contributed by atoms with van der Waals surface area (Å²) in [5.41, 5.74) is 0. The van der Waals surface area contributed by atoms with Crippen molar-refractivity contribution >= 4 is 0 Å². The summed E-state index contributed by atoms with van der Waals surface area (Å²) in [5.74, 6) is 0. The summed E-state index contributed by atoms with van der Waals surface area (Å²) in [6, 6.07) is 0. The van der Waals surface area contributed by atoms with Gasteiger partial charge in [-0.3, -0.25) is 0 Å². The van der Waals surface area contributed by atoms with Crippen LogP contribution in [-0.2, 0) is 9.84 Å². The summed E-state index contributed by atoms with van der Waals surface area (Å²) in [4.78, 5) is 0. The lowest BCUT2D eigenvalue weighted by molar-refractivity contribution is -0.00860. The van der Waals surface area contributed by atoms with Crippen molar-refractivity contribution in [2.75, 3.05) is 13.2 Å². The zero-order chi connectivity index (χ0) is 13.5. The Morgan fingerprint density at radius 3 is 1.72 bits per heavy atom. The largest absolute Gasteiger partial charge is 0.376 e. The molecule has 0 aromatic carbocycles. The lowest BCUT2D eigenvalue weighted by atomic mass is 10.0. The molecule has 1 atom stereocenters. The third kappa shape index (κ3) is 12.4. The molecule has 0 aromatic rings. The molecule has 0 bridgehead atoms. The lowest BCUT2D eigenvalue weighted by Crippen LogP contribution is -2.16. The summed E-state index contributed by atoms with van der Waals surface area (Å²) >= 11 is 0. The smallest absolute Gasteiger partial charge is 0.108 e. The van der Waals surface area contributed by atoms with Crippen molar-refractivity contribution in [2.45, 2.75) is 90.6 Å². The molecule has 0 aliphatic heterocycles. The number of ether oxygens (including phenoxy) is 1. The van der Waals surface area contributed by atoms with Crippen LogP contribution < -0.4 is 0 Å². The predicted molar refractivity (Wildman–Crippen MR) is 77.4 cm³/mol. The fourth-order valence-corrected chi connectivity index (χ4v) is 2.31. The zero-order valence-electron chi connectivity index (χ0n) is 12.6. The van der Waals surface area contributed by atoms with E-state index in [9.17, 15) is 5.11 Å². The first-order valence-electron chi connectivity index (χ1n) is 8.04. The van der Waals surface area contributed by atoms with Crippen molar-refractivity contribution in [1.82, 2.24) is 0 Å². The molecule has 0 saturated heterocycles.